The van der Waals surface area contributed by atoms with E-state index in [0.717, 1.165) is 12.8 Å². The largest absolute Gasteiger partial charge is 0.465 e. The smallest absolute Gasteiger partial charge is 0.311 e. The maximum Gasteiger partial charge on any atom is 0.311 e. The number of nitrogens with one attached hydrogen (secondary N) is 1. The zero-order valence-corrected chi connectivity index (χ0v) is 18.0. The van der Waals surface area contributed by atoms with Crippen LogP contribution in [0.4, 0.5) is 0 Å². The lowest BCUT2D eigenvalue weighted by atomic mass is 9.71. The van der Waals surface area contributed by atoms with Crippen LogP contribution in [0.25, 0.3) is 0 Å². The molecule has 0 aromatic carbocycles. The van der Waals surface area contributed by atoms with Crippen LogP contribution in [0.3, 0.4) is 0 Å². The fourth-order valence-electron chi connectivity index (χ4n) is 2.87. The molecule has 0 aromatic heterocycles. The van der Waals surface area contributed by atoms with Crippen molar-refractivity contribution in [1.29, 1.82) is 0 Å². The summed E-state index contributed by atoms with van der Waals surface area (Å²) in [4.78, 5) is 25.2. The van der Waals surface area contributed by atoms with Crippen LogP contribution in [0.1, 0.15) is 74.1 Å². The van der Waals surface area contributed by atoms with Gasteiger partial charge in [-0.05, 0) is 47.0 Å². The molecule has 2 N–H and O–H groups in total. The summed E-state index contributed by atoms with van der Waals surface area (Å²) in [5, 5.41) is 2.69. The number of carbonyl (C=O) groups is 2. The number of hydrogen-bond acceptors (Lipinski definition) is 5. The molecule has 1 amide bonds. The van der Waals surface area contributed by atoms with Gasteiger partial charge in [-0.2, -0.15) is 8.42 Å². The number of ether oxygens (including phenoxy) is 1. The quantitative estimate of drug-likeness (QED) is 0.317. The average Bonchev–Trinajstić information content (AvgIpc) is 2.43. The van der Waals surface area contributed by atoms with Crippen LogP contribution in [-0.4, -0.2) is 42.7 Å². The Morgan fingerprint density at radius 3 is 2.04 bits per heavy atom. The summed E-state index contributed by atoms with van der Waals surface area (Å²) in [6, 6.07) is 0. The SMILES string of the molecule is CCCCOC(=O)C(C)(C)CC(C)(CC)C(=O)NC(C)(C)CS(=O)(=O)O. The number of unbranched alkanes of at least 4 members (excludes halogenated alkanes) is 1. The van der Waals surface area contributed by atoms with Crippen molar-refractivity contribution in [1.82, 2.24) is 5.32 Å². The molecule has 1 unspecified atom stereocenters. The molecule has 0 spiro atoms. The second-order valence-corrected chi connectivity index (χ2v) is 9.98. The standard InChI is InChI=1S/C18H35NO6S/c1-8-10-11-25-15(21)16(3,4)12-18(7,9-2)14(20)19-17(5,6)13-26(22,23)24/h8-13H2,1-7H3,(H,19,20)(H,22,23,24). The van der Waals surface area contributed by atoms with Gasteiger partial charge in [-0.1, -0.05) is 27.2 Å². The van der Waals surface area contributed by atoms with Crippen molar-refractivity contribution in [2.24, 2.45) is 10.8 Å². The molecule has 154 valence electrons. The molecule has 0 bridgehead atoms. The molecule has 0 aliphatic rings. The van der Waals surface area contributed by atoms with Crippen LogP contribution in [-0.2, 0) is 24.4 Å². The zero-order chi connectivity index (χ0) is 20.8. The fraction of sp³-hybridized carbons (Fsp3) is 0.889. The summed E-state index contributed by atoms with van der Waals surface area (Å²) < 4.78 is 36.6. The topological polar surface area (TPSA) is 110 Å². The molecule has 0 aromatic rings. The maximum absolute atomic E-state index is 12.8. The number of rotatable bonds is 11. The summed E-state index contributed by atoms with van der Waals surface area (Å²) in [6.45, 7) is 12.5. The van der Waals surface area contributed by atoms with Crippen molar-refractivity contribution in [2.45, 2.75) is 79.7 Å². The molecule has 8 heteroatoms. The van der Waals surface area contributed by atoms with Gasteiger partial charge < -0.3 is 10.1 Å². The molecular formula is C18H35NO6S. The average molecular weight is 394 g/mol. The van der Waals surface area contributed by atoms with Gasteiger partial charge in [0.1, 0.15) is 0 Å². The highest BCUT2D eigenvalue weighted by molar-refractivity contribution is 7.85. The maximum atomic E-state index is 12.8. The molecule has 1 atom stereocenters. The zero-order valence-electron chi connectivity index (χ0n) is 17.1. The first-order valence-electron chi connectivity index (χ1n) is 9.03. The van der Waals surface area contributed by atoms with Gasteiger partial charge in [0.05, 0.1) is 23.3 Å². The Morgan fingerprint density at radius 1 is 1.08 bits per heavy atom. The Morgan fingerprint density at radius 2 is 1.62 bits per heavy atom. The summed E-state index contributed by atoms with van der Waals surface area (Å²) in [6.07, 6.45) is 2.44. The molecule has 0 saturated heterocycles. The summed E-state index contributed by atoms with van der Waals surface area (Å²) >= 11 is 0. The lowest BCUT2D eigenvalue weighted by Gasteiger charge is -2.37. The minimum atomic E-state index is -4.23. The van der Waals surface area contributed by atoms with E-state index >= 15 is 0 Å². The van der Waals surface area contributed by atoms with Crippen molar-refractivity contribution in [2.75, 3.05) is 12.4 Å². The summed E-state index contributed by atoms with van der Waals surface area (Å²) in [7, 11) is -4.23. The molecule has 0 aliphatic carbocycles. The van der Waals surface area contributed by atoms with Crippen molar-refractivity contribution in [3.8, 4) is 0 Å². The second-order valence-electron chi connectivity index (χ2n) is 8.53. The molecule has 0 rings (SSSR count). The minimum Gasteiger partial charge on any atom is -0.465 e. The summed E-state index contributed by atoms with van der Waals surface area (Å²) in [5.74, 6) is -1.30. The molecule has 7 nitrogen and oxygen atoms in total. The first-order chi connectivity index (χ1) is 11.6. The van der Waals surface area contributed by atoms with Crippen LogP contribution in [0.2, 0.25) is 0 Å². The molecule has 0 radical (unpaired) electrons. The van der Waals surface area contributed by atoms with Crippen molar-refractivity contribution >= 4 is 22.0 Å². The molecule has 0 fully saturated rings. The second kappa shape index (κ2) is 9.17. The third kappa shape index (κ3) is 8.49. The van der Waals surface area contributed by atoms with E-state index in [0.29, 0.717) is 13.0 Å². The first kappa shape index (κ1) is 24.8. The number of hydrogen-bond donors (Lipinski definition) is 2. The molecule has 0 heterocycles. The van der Waals surface area contributed by atoms with E-state index in [1.807, 2.05) is 13.8 Å². The Labute approximate surface area is 158 Å². The highest BCUT2D eigenvalue weighted by Gasteiger charge is 2.43. The van der Waals surface area contributed by atoms with Crippen LogP contribution in [0.5, 0.6) is 0 Å². The highest BCUT2D eigenvalue weighted by Crippen LogP contribution is 2.38. The fourth-order valence-corrected chi connectivity index (χ4v) is 3.85. The molecule has 0 aliphatic heterocycles. The van der Waals surface area contributed by atoms with E-state index in [1.54, 1.807) is 20.8 Å². The Hall–Kier alpha value is -1.15. The molecule has 0 saturated carbocycles. The summed E-state index contributed by atoms with van der Waals surface area (Å²) in [5.41, 5.74) is -2.88. The van der Waals surface area contributed by atoms with E-state index in [1.165, 1.54) is 13.8 Å². The third-order valence-electron chi connectivity index (χ3n) is 4.44. The van der Waals surface area contributed by atoms with Gasteiger partial charge in [0.2, 0.25) is 5.91 Å². The Kier molecular flexibility index (Phi) is 8.76. The van der Waals surface area contributed by atoms with Gasteiger partial charge in [-0.15, -0.1) is 0 Å². The predicted molar refractivity (Wildman–Crippen MR) is 101 cm³/mol. The molecular weight excluding hydrogens is 358 g/mol. The van der Waals surface area contributed by atoms with Crippen LogP contribution in [0, 0.1) is 10.8 Å². The number of amides is 1. The lowest BCUT2D eigenvalue weighted by Crippen LogP contribution is -2.54. The predicted octanol–water partition coefficient (Wildman–Crippen LogP) is 2.94. The van der Waals surface area contributed by atoms with Crippen LogP contribution in [0.15, 0.2) is 0 Å². The first-order valence-corrected chi connectivity index (χ1v) is 10.6. The normalized spacial score (nSPS) is 15.2. The van der Waals surface area contributed by atoms with Gasteiger partial charge in [-0.25, -0.2) is 0 Å². The van der Waals surface area contributed by atoms with Gasteiger partial charge in [0.15, 0.2) is 0 Å². The third-order valence-corrected chi connectivity index (χ3v) is 5.53. The van der Waals surface area contributed by atoms with E-state index in [9.17, 15) is 18.0 Å². The molecule has 26 heavy (non-hydrogen) atoms. The highest BCUT2D eigenvalue weighted by atomic mass is 32.2. The van der Waals surface area contributed by atoms with Crippen molar-refractivity contribution < 1.29 is 27.3 Å². The minimum absolute atomic E-state index is 0.259. The van der Waals surface area contributed by atoms with E-state index in [-0.39, 0.29) is 18.3 Å². The van der Waals surface area contributed by atoms with Gasteiger partial charge in [0, 0.05) is 5.41 Å². The van der Waals surface area contributed by atoms with E-state index in [2.05, 4.69) is 5.32 Å². The Balaban J connectivity index is 5.20. The van der Waals surface area contributed by atoms with Gasteiger partial charge in [-0.3, -0.25) is 14.1 Å². The van der Waals surface area contributed by atoms with Gasteiger partial charge in [0.25, 0.3) is 10.1 Å². The Bertz CT molecular complexity index is 597. The van der Waals surface area contributed by atoms with Crippen LogP contribution < -0.4 is 5.32 Å². The van der Waals surface area contributed by atoms with Crippen molar-refractivity contribution in [3.05, 3.63) is 0 Å². The monoisotopic (exact) mass is 393 g/mol. The number of esters is 1. The van der Waals surface area contributed by atoms with E-state index in [4.69, 9.17) is 9.29 Å². The number of carbonyl (C=O) groups excluding carboxylic acids is 2. The van der Waals surface area contributed by atoms with Crippen LogP contribution >= 0.6 is 0 Å². The van der Waals surface area contributed by atoms with Crippen molar-refractivity contribution in [3.63, 3.8) is 0 Å². The lowest BCUT2D eigenvalue weighted by molar-refractivity contribution is -0.157. The van der Waals surface area contributed by atoms with Gasteiger partial charge >= 0.3 is 5.97 Å². The van der Waals surface area contributed by atoms with E-state index < -0.39 is 32.2 Å².